The van der Waals surface area contributed by atoms with E-state index in [0.29, 0.717) is 24.0 Å². The lowest BCUT2D eigenvalue weighted by atomic mass is 10.3. The first-order valence-corrected chi connectivity index (χ1v) is 6.45. The number of fused-ring (bicyclic) bond motifs is 1. The van der Waals surface area contributed by atoms with E-state index >= 15 is 0 Å². The van der Waals surface area contributed by atoms with Crippen LogP contribution in [0.1, 0.15) is 19.0 Å². The number of aromatic nitrogens is 5. The van der Waals surface area contributed by atoms with Gasteiger partial charge in [-0.3, -0.25) is 5.10 Å². The first kappa shape index (κ1) is 12.4. The summed E-state index contributed by atoms with van der Waals surface area (Å²) >= 11 is 0. The van der Waals surface area contributed by atoms with Crippen molar-refractivity contribution < 1.29 is 4.52 Å². The van der Waals surface area contributed by atoms with Crippen LogP contribution in [0.3, 0.4) is 0 Å². The fourth-order valence-corrected chi connectivity index (χ4v) is 1.79. The highest BCUT2D eigenvalue weighted by atomic mass is 16.5. The molecule has 3 N–H and O–H groups in total. The van der Waals surface area contributed by atoms with E-state index in [1.54, 1.807) is 18.5 Å². The van der Waals surface area contributed by atoms with Crippen molar-refractivity contribution in [3.63, 3.8) is 0 Å². The summed E-state index contributed by atoms with van der Waals surface area (Å²) in [5.74, 6) is 1.29. The average molecular weight is 273 g/mol. The molecular weight excluding hydrogens is 258 g/mol. The molecule has 8 heteroatoms. The van der Waals surface area contributed by atoms with Gasteiger partial charge in [-0.1, -0.05) is 12.1 Å². The van der Waals surface area contributed by atoms with Crippen LogP contribution in [0.2, 0.25) is 0 Å². The minimum atomic E-state index is 0.529. The zero-order valence-electron chi connectivity index (χ0n) is 11.1. The summed E-state index contributed by atoms with van der Waals surface area (Å²) < 4.78 is 4.80. The Hall–Kier alpha value is -2.64. The molecular formula is C12H15N7O. The highest BCUT2D eigenvalue weighted by Gasteiger charge is 2.09. The minimum absolute atomic E-state index is 0.529. The van der Waals surface area contributed by atoms with Crippen molar-refractivity contribution in [3.05, 3.63) is 24.2 Å². The molecule has 3 aromatic heterocycles. The van der Waals surface area contributed by atoms with Crippen LogP contribution in [0.4, 0.5) is 11.8 Å². The van der Waals surface area contributed by atoms with Crippen molar-refractivity contribution in [1.82, 2.24) is 25.3 Å². The molecule has 0 aromatic carbocycles. The monoisotopic (exact) mass is 273 g/mol. The zero-order valence-corrected chi connectivity index (χ0v) is 11.1. The molecule has 0 saturated carbocycles. The van der Waals surface area contributed by atoms with Gasteiger partial charge in [0.05, 0.1) is 18.1 Å². The second-order valence-electron chi connectivity index (χ2n) is 4.30. The Morgan fingerprint density at radius 3 is 3.05 bits per heavy atom. The second-order valence-corrected chi connectivity index (χ2v) is 4.30. The van der Waals surface area contributed by atoms with Gasteiger partial charge in [0.2, 0.25) is 5.95 Å². The first-order chi connectivity index (χ1) is 9.86. The molecule has 3 aromatic rings. The number of nitrogens with zero attached hydrogens (tertiary/aromatic N) is 4. The fourth-order valence-electron chi connectivity index (χ4n) is 1.79. The average Bonchev–Trinajstić information content (AvgIpc) is 3.13. The molecule has 20 heavy (non-hydrogen) atoms. The van der Waals surface area contributed by atoms with E-state index in [1.165, 1.54) is 0 Å². The van der Waals surface area contributed by atoms with Gasteiger partial charge in [-0.05, 0) is 6.42 Å². The number of rotatable bonds is 6. The summed E-state index contributed by atoms with van der Waals surface area (Å²) in [6, 6.07) is 1.80. The highest BCUT2D eigenvalue weighted by Crippen LogP contribution is 2.20. The van der Waals surface area contributed by atoms with E-state index in [0.717, 1.165) is 24.0 Å². The van der Waals surface area contributed by atoms with Gasteiger partial charge in [0, 0.05) is 12.6 Å². The Balaban J connectivity index is 1.85. The third-order valence-electron chi connectivity index (χ3n) is 2.77. The normalized spacial score (nSPS) is 10.8. The maximum atomic E-state index is 4.80. The predicted molar refractivity (Wildman–Crippen MR) is 74.3 cm³/mol. The summed E-state index contributed by atoms with van der Waals surface area (Å²) in [7, 11) is 0. The highest BCUT2D eigenvalue weighted by molar-refractivity contribution is 5.86. The van der Waals surface area contributed by atoms with Gasteiger partial charge in [0.25, 0.3) is 0 Å². The molecule has 0 radical (unpaired) electrons. The van der Waals surface area contributed by atoms with E-state index in [4.69, 9.17) is 4.52 Å². The number of nitrogens with one attached hydrogen (secondary N) is 3. The van der Waals surface area contributed by atoms with Gasteiger partial charge < -0.3 is 15.2 Å². The van der Waals surface area contributed by atoms with Crippen LogP contribution in [0.15, 0.2) is 23.0 Å². The van der Waals surface area contributed by atoms with E-state index in [9.17, 15) is 0 Å². The Labute approximate surface area is 115 Å². The summed E-state index contributed by atoms with van der Waals surface area (Å²) in [6.45, 7) is 3.44. The van der Waals surface area contributed by atoms with E-state index < -0.39 is 0 Å². The molecule has 0 atom stereocenters. The van der Waals surface area contributed by atoms with Crippen LogP contribution in [-0.4, -0.2) is 31.9 Å². The smallest absolute Gasteiger partial charge is 0.226 e. The lowest BCUT2D eigenvalue weighted by molar-refractivity contribution is 0.412. The second kappa shape index (κ2) is 5.55. The van der Waals surface area contributed by atoms with Gasteiger partial charge >= 0.3 is 0 Å². The van der Waals surface area contributed by atoms with E-state index in [-0.39, 0.29) is 0 Å². The van der Waals surface area contributed by atoms with Gasteiger partial charge in [0.1, 0.15) is 17.8 Å². The maximum absolute atomic E-state index is 4.80. The molecule has 3 rings (SSSR count). The molecule has 0 spiro atoms. The molecule has 104 valence electrons. The van der Waals surface area contributed by atoms with E-state index in [2.05, 4.69) is 42.9 Å². The molecule has 3 heterocycles. The Bertz CT molecular complexity index is 676. The Kier molecular flexibility index (Phi) is 3.44. The number of hydrogen-bond acceptors (Lipinski definition) is 7. The van der Waals surface area contributed by atoms with Gasteiger partial charge in [0.15, 0.2) is 5.65 Å². The number of H-pyrrole nitrogens is 1. The van der Waals surface area contributed by atoms with Crippen molar-refractivity contribution >= 4 is 22.8 Å². The molecule has 0 aliphatic carbocycles. The van der Waals surface area contributed by atoms with Crippen LogP contribution in [0.5, 0.6) is 0 Å². The van der Waals surface area contributed by atoms with Crippen molar-refractivity contribution in [2.45, 2.75) is 19.9 Å². The number of hydrogen-bond donors (Lipinski definition) is 3. The maximum Gasteiger partial charge on any atom is 0.226 e. The van der Waals surface area contributed by atoms with Crippen LogP contribution in [0, 0.1) is 0 Å². The van der Waals surface area contributed by atoms with Crippen molar-refractivity contribution in [2.75, 3.05) is 17.2 Å². The van der Waals surface area contributed by atoms with Crippen molar-refractivity contribution in [3.8, 4) is 0 Å². The SMILES string of the molecule is CCCNc1nc(NCc2ccon2)c2cn[nH]c2n1. The van der Waals surface area contributed by atoms with E-state index in [1.807, 2.05) is 0 Å². The molecule has 0 unspecified atom stereocenters. The Morgan fingerprint density at radius 2 is 2.25 bits per heavy atom. The third kappa shape index (κ3) is 2.53. The third-order valence-corrected chi connectivity index (χ3v) is 2.77. The van der Waals surface area contributed by atoms with Crippen LogP contribution in [0.25, 0.3) is 11.0 Å². The standard InChI is InChI=1S/C12H15N7O/c1-2-4-13-12-16-10(9-7-15-18-11(9)17-12)14-6-8-3-5-20-19-8/h3,5,7H,2,4,6H2,1H3,(H3,13,14,15,16,17,18). The molecule has 0 aliphatic rings. The molecule has 0 saturated heterocycles. The summed E-state index contributed by atoms with van der Waals surface area (Å²) in [5, 5.41) is 17.9. The minimum Gasteiger partial charge on any atom is -0.364 e. The van der Waals surface area contributed by atoms with Gasteiger partial charge in [-0.2, -0.15) is 15.1 Å². The Morgan fingerprint density at radius 1 is 1.30 bits per heavy atom. The lowest BCUT2D eigenvalue weighted by Crippen LogP contribution is -2.08. The van der Waals surface area contributed by atoms with Crippen LogP contribution < -0.4 is 10.6 Å². The summed E-state index contributed by atoms with van der Waals surface area (Å²) in [4.78, 5) is 8.82. The lowest BCUT2D eigenvalue weighted by Gasteiger charge is -2.08. The van der Waals surface area contributed by atoms with Gasteiger partial charge in [-0.15, -0.1) is 0 Å². The zero-order chi connectivity index (χ0) is 13.8. The number of anilines is 2. The summed E-state index contributed by atoms with van der Waals surface area (Å²) in [5.41, 5.74) is 1.50. The van der Waals surface area contributed by atoms with Crippen LogP contribution in [-0.2, 0) is 6.54 Å². The molecule has 0 fully saturated rings. The number of aromatic amines is 1. The first-order valence-electron chi connectivity index (χ1n) is 6.45. The molecule has 0 amide bonds. The largest absolute Gasteiger partial charge is 0.364 e. The summed E-state index contributed by atoms with van der Waals surface area (Å²) in [6.07, 6.45) is 4.24. The molecule has 0 aliphatic heterocycles. The van der Waals surface area contributed by atoms with Crippen molar-refractivity contribution in [1.29, 1.82) is 0 Å². The predicted octanol–water partition coefficient (Wildman–Crippen LogP) is 1.77. The van der Waals surface area contributed by atoms with Crippen LogP contribution >= 0.6 is 0 Å². The molecule has 8 nitrogen and oxygen atoms in total. The fraction of sp³-hybridized carbons (Fsp3) is 0.333. The topological polar surface area (TPSA) is 105 Å². The van der Waals surface area contributed by atoms with Gasteiger partial charge in [-0.25, -0.2) is 0 Å². The molecule has 0 bridgehead atoms. The quantitative estimate of drug-likeness (QED) is 0.628. The van der Waals surface area contributed by atoms with Crippen molar-refractivity contribution in [2.24, 2.45) is 0 Å².